The molecule has 96 valence electrons. The topological polar surface area (TPSA) is 43.6 Å². The molecular formula is C11H22N4SSi. The molecule has 0 bridgehead atoms. The smallest absolute Gasteiger partial charge is 0.209 e. The second-order valence-corrected chi connectivity index (χ2v) is 13.0. The highest BCUT2D eigenvalue weighted by molar-refractivity contribution is 8.00. The number of rotatable bonds is 4. The molecule has 17 heavy (non-hydrogen) atoms. The summed E-state index contributed by atoms with van der Waals surface area (Å²) in [7, 11) is -1.03. The summed E-state index contributed by atoms with van der Waals surface area (Å²) in [6.07, 6.45) is 6.50. The first kappa shape index (κ1) is 13.1. The number of thioether (sulfide) groups is 1. The highest BCUT2D eigenvalue weighted by Gasteiger charge is 2.22. The normalized spacial score (nSPS) is 18.5. The fraction of sp³-hybridized carbons (Fsp3) is 0.909. The SMILES string of the molecule is C[Si](C)(C)CSc1nnnn1C1CCCCC1. The molecule has 1 fully saturated rings. The zero-order valence-corrected chi connectivity index (χ0v) is 12.8. The van der Waals surface area contributed by atoms with Gasteiger partial charge in [0.1, 0.15) is 0 Å². The third-order valence-corrected chi connectivity index (χ3v) is 7.59. The minimum absolute atomic E-state index is 0.544. The van der Waals surface area contributed by atoms with E-state index < -0.39 is 8.07 Å². The van der Waals surface area contributed by atoms with E-state index in [2.05, 4.69) is 39.8 Å². The Bertz CT molecular complexity index is 355. The van der Waals surface area contributed by atoms with Gasteiger partial charge in [-0.1, -0.05) is 50.7 Å². The number of hydrogen-bond donors (Lipinski definition) is 0. The molecule has 1 heterocycles. The lowest BCUT2D eigenvalue weighted by atomic mass is 9.96. The van der Waals surface area contributed by atoms with E-state index in [4.69, 9.17) is 0 Å². The average molecular weight is 270 g/mol. The van der Waals surface area contributed by atoms with Crippen LogP contribution in [0.4, 0.5) is 0 Å². The van der Waals surface area contributed by atoms with Crippen molar-refractivity contribution in [2.45, 2.75) is 62.9 Å². The first-order valence-electron chi connectivity index (χ1n) is 6.47. The molecule has 0 aliphatic heterocycles. The van der Waals surface area contributed by atoms with Crippen molar-refractivity contribution in [3.05, 3.63) is 0 Å². The molecule has 0 spiro atoms. The maximum atomic E-state index is 4.19. The van der Waals surface area contributed by atoms with Crippen molar-refractivity contribution < 1.29 is 0 Å². The van der Waals surface area contributed by atoms with Crippen molar-refractivity contribution in [3.63, 3.8) is 0 Å². The molecule has 1 aromatic rings. The maximum Gasteiger partial charge on any atom is 0.209 e. The van der Waals surface area contributed by atoms with Crippen LogP contribution in [0.3, 0.4) is 0 Å². The van der Waals surface area contributed by atoms with E-state index in [1.807, 2.05) is 11.8 Å². The Balaban J connectivity index is 2.00. The van der Waals surface area contributed by atoms with Crippen LogP contribution in [0, 0.1) is 0 Å². The lowest BCUT2D eigenvalue weighted by Crippen LogP contribution is -2.24. The molecule has 0 aromatic carbocycles. The Hall–Kier alpha value is -0.363. The van der Waals surface area contributed by atoms with Gasteiger partial charge in [-0.3, -0.25) is 0 Å². The van der Waals surface area contributed by atoms with E-state index in [0.29, 0.717) is 6.04 Å². The summed E-state index contributed by atoms with van der Waals surface area (Å²) in [6, 6.07) is 0.544. The maximum absolute atomic E-state index is 4.19. The number of tetrazole rings is 1. The van der Waals surface area contributed by atoms with Crippen molar-refractivity contribution >= 4 is 19.8 Å². The van der Waals surface area contributed by atoms with Gasteiger partial charge < -0.3 is 0 Å². The summed E-state index contributed by atoms with van der Waals surface area (Å²) in [5.41, 5.74) is 0. The van der Waals surface area contributed by atoms with Gasteiger partial charge in [-0.05, 0) is 28.6 Å². The molecule has 0 atom stereocenters. The summed E-state index contributed by atoms with van der Waals surface area (Å²) < 4.78 is 2.07. The highest BCUT2D eigenvalue weighted by Crippen LogP contribution is 2.30. The van der Waals surface area contributed by atoms with E-state index in [0.717, 1.165) is 5.16 Å². The summed E-state index contributed by atoms with van der Waals surface area (Å²) in [4.78, 5) is 0. The molecule has 1 aromatic heterocycles. The van der Waals surface area contributed by atoms with E-state index in [9.17, 15) is 0 Å². The Morgan fingerprint density at radius 3 is 2.59 bits per heavy atom. The second-order valence-electron chi connectivity index (χ2n) is 6.05. The molecule has 0 N–H and O–H groups in total. The lowest BCUT2D eigenvalue weighted by Gasteiger charge is -2.22. The summed E-state index contributed by atoms with van der Waals surface area (Å²) >= 11 is 1.84. The van der Waals surface area contributed by atoms with Gasteiger partial charge in [0.15, 0.2) is 0 Å². The van der Waals surface area contributed by atoms with Gasteiger partial charge in [-0.2, -0.15) is 0 Å². The van der Waals surface area contributed by atoms with Crippen LogP contribution in [0.15, 0.2) is 5.16 Å². The Morgan fingerprint density at radius 1 is 1.24 bits per heavy atom. The van der Waals surface area contributed by atoms with Gasteiger partial charge >= 0.3 is 0 Å². The van der Waals surface area contributed by atoms with E-state index in [-0.39, 0.29) is 0 Å². The van der Waals surface area contributed by atoms with Crippen molar-refractivity contribution in [2.24, 2.45) is 0 Å². The standard InChI is InChI=1S/C11H22N4SSi/c1-17(2,3)9-16-11-12-13-14-15(11)10-7-5-4-6-8-10/h10H,4-9H2,1-3H3. The van der Waals surface area contributed by atoms with Crippen LogP contribution < -0.4 is 0 Å². The molecule has 4 nitrogen and oxygen atoms in total. The van der Waals surface area contributed by atoms with Crippen molar-refractivity contribution in [3.8, 4) is 0 Å². The predicted molar refractivity (Wildman–Crippen MR) is 74.0 cm³/mol. The van der Waals surface area contributed by atoms with Crippen molar-refractivity contribution in [2.75, 3.05) is 5.38 Å². The van der Waals surface area contributed by atoms with Gasteiger partial charge in [-0.25, -0.2) is 4.68 Å². The first-order valence-corrected chi connectivity index (χ1v) is 11.2. The number of hydrogen-bond acceptors (Lipinski definition) is 4. The quantitative estimate of drug-likeness (QED) is 0.623. The van der Waals surface area contributed by atoms with Gasteiger partial charge in [-0.15, -0.1) is 5.10 Å². The molecule has 1 saturated carbocycles. The third kappa shape index (κ3) is 3.81. The van der Waals surface area contributed by atoms with Crippen molar-refractivity contribution in [1.82, 2.24) is 20.2 Å². The molecule has 2 rings (SSSR count). The molecule has 0 amide bonds. The molecule has 6 heteroatoms. The number of nitrogens with zero attached hydrogens (tertiary/aromatic N) is 4. The molecule has 0 saturated heterocycles. The van der Waals surface area contributed by atoms with Gasteiger partial charge in [0.2, 0.25) is 5.16 Å². The zero-order chi connectivity index (χ0) is 12.3. The van der Waals surface area contributed by atoms with Crippen LogP contribution in [0.25, 0.3) is 0 Å². The largest absolute Gasteiger partial charge is 0.217 e. The molecule has 0 unspecified atom stereocenters. The first-order chi connectivity index (χ1) is 8.06. The summed E-state index contributed by atoms with van der Waals surface area (Å²) in [5, 5.41) is 14.4. The van der Waals surface area contributed by atoms with E-state index in [1.165, 1.54) is 37.5 Å². The molecule has 1 aliphatic rings. The highest BCUT2D eigenvalue weighted by atomic mass is 32.2. The molecule has 0 radical (unpaired) electrons. The summed E-state index contributed by atoms with van der Waals surface area (Å²) in [6.45, 7) is 7.15. The molecule has 1 aliphatic carbocycles. The second kappa shape index (κ2) is 5.52. The monoisotopic (exact) mass is 270 g/mol. The average Bonchev–Trinajstić information content (AvgIpc) is 2.75. The predicted octanol–water partition coefficient (Wildman–Crippen LogP) is 3.15. The van der Waals surface area contributed by atoms with Crippen molar-refractivity contribution in [1.29, 1.82) is 0 Å². The minimum atomic E-state index is -1.03. The van der Waals surface area contributed by atoms with Gasteiger partial charge in [0, 0.05) is 0 Å². The Labute approximate surface area is 109 Å². The van der Waals surface area contributed by atoms with Crippen LogP contribution in [0.5, 0.6) is 0 Å². The van der Waals surface area contributed by atoms with Crippen LogP contribution in [0.1, 0.15) is 38.1 Å². The van der Waals surface area contributed by atoms with E-state index in [1.54, 1.807) is 0 Å². The van der Waals surface area contributed by atoms with Crippen LogP contribution in [0.2, 0.25) is 19.6 Å². The van der Waals surface area contributed by atoms with Gasteiger partial charge in [0.05, 0.1) is 14.1 Å². The van der Waals surface area contributed by atoms with Crippen LogP contribution in [-0.2, 0) is 0 Å². The van der Waals surface area contributed by atoms with Crippen LogP contribution in [-0.4, -0.2) is 33.7 Å². The third-order valence-electron chi connectivity index (χ3n) is 3.02. The molecular weight excluding hydrogens is 248 g/mol. The Kier molecular flexibility index (Phi) is 4.25. The van der Waals surface area contributed by atoms with Gasteiger partial charge in [0.25, 0.3) is 0 Å². The fourth-order valence-corrected chi connectivity index (χ4v) is 4.78. The number of aromatic nitrogens is 4. The Morgan fingerprint density at radius 2 is 1.94 bits per heavy atom. The minimum Gasteiger partial charge on any atom is -0.217 e. The zero-order valence-electron chi connectivity index (χ0n) is 11.0. The van der Waals surface area contributed by atoms with Crippen LogP contribution >= 0.6 is 11.8 Å². The van der Waals surface area contributed by atoms with E-state index >= 15 is 0 Å². The lowest BCUT2D eigenvalue weighted by molar-refractivity contribution is 0.307. The fourth-order valence-electron chi connectivity index (χ4n) is 2.12. The summed E-state index contributed by atoms with van der Waals surface area (Å²) in [5.74, 6) is 0.